The molecule has 3 amide bonds. The third-order valence-corrected chi connectivity index (χ3v) is 9.75. The molecule has 7 nitrogen and oxygen atoms in total. The van der Waals surface area contributed by atoms with Gasteiger partial charge in [0.15, 0.2) is 5.78 Å². The third-order valence-electron chi connectivity index (χ3n) is 8.50. The minimum absolute atomic E-state index is 0.0946. The zero-order valence-electron chi connectivity index (χ0n) is 23.8. The number of urea groups is 1. The van der Waals surface area contributed by atoms with Crippen LogP contribution in [0.4, 0.5) is 16.2 Å². The van der Waals surface area contributed by atoms with Crippen LogP contribution < -0.4 is 10.2 Å². The number of ether oxygens (including phenoxy) is 1. The molecule has 218 valence electrons. The lowest BCUT2D eigenvalue weighted by molar-refractivity contribution is 0.0148. The molecule has 1 atom stereocenters. The van der Waals surface area contributed by atoms with E-state index in [9.17, 15) is 14.4 Å². The lowest BCUT2D eigenvalue weighted by Gasteiger charge is -2.35. The van der Waals surface area contributed by atoms with E-state index in [0.29, 0.717) is 56.3 Å². The molecule has 2 aliphatic heterocycles. The number of benzene rings is 3. The van der Waals surface area contributed by atoms with Crippen LogP contribution in [0.15, 0.2) is 84.9 Å². The molecule has 7 rings (SSSR count). The van der Waals surface area contributed by atoms with Crippen LogP contribution in [-0.2, 0) is 11.2 Å². The Labute approximate surface area is 255 Å². The maximum Gasteiger partial charge on any atom is 0.322 e. The highest BCUT2D eigenvalue weighted by Gasteiger charge is 2.31. The number of amides is 3. The Bertz CT molecular complexity index is 1660. The van der Waals surface area contributed by atoms with E-state index >= 15 is 0 Å². The van der Waals surface area contributed by atoms with Crippen molar-refractivity contribution in [3.63, 3.8) is 0 Å². The summed E-state index contributed by atoms with van der Waals surface area (Å²) in [5.41, 5.74) is 5.18. The van der Waals surface area contributed by atoms with Crippen molar-refractivity contribution >= 4 is 40.4 Å². The summed E-state index contributed by atoms with van der Waals surface area (Å²) in [6.07, 6.45) is 3.64. The Balaban J connectivity index is 1.07. The number of rotatable bonds is 6. The molecule has 1 saturated carbocycles. The molecule has 3 aliphatic rings. The molecular formula is C35H33N3O4S. The van der Waals surface area contributed by atoms with E-state index < -0.39 is 0 Å². The highest BCUT2D eigenvalue weighted by atomic mass is 32.1. The third kappa shape index (κ3) is 5.72. The van der Waals surface area contributed by atoms with E-state index in [1.807, 2.05) is 65.6 Å². The van der Waals surface area contributed by atoms with Crippen LogP contribution in [0, 0.1) is 5.92 Å². The minimum Gasteiger partial charge on any atom is -0.377 e. The van der Waals surface area contributed by atoms with Crippen LogP contribution in [0.5, 0.6) is 0 Å². The number of anilines is 2. The highest BCUT2D eigenvalue weighted by Crippen LogP contribution is 2.43. The number of hydrogen-bond acceptors (Lipinski definition) is 5. The summed E-state index contributed by atoms with van der Waals surface area (Å²) in [4.78, 5) is 45.5. The van der Waals surface area contributed by atoms with E-state index in [1.54, 1.807) is 40.5 Å². The predicted molar refractivity (Wildman–Crippen MR) is 169 cm³/mol. The second-order valence-corrected chi connectivity index (χ2v) is 12.5. The van der Waals surface area contributed by atoms with E-state index in [4.69, 9.17) is 4.74 Å². The number of Topliss-reactive ketones (excluding diaryl/α,β-unsaturated/α-hetero) is 1. The summed E-state index contributed by atoms with van der Waals surface area (Å²) in [6, 6.07) is 26.6. The van der Waals surface area contributed by atoms with Gasteiger partial charge in [0.1, 0.15) is 0 Å². The van der Waals surface area contributed by atoms with Gasteiger partial charge in [0.05, 0.1) is 29.8 Å². The van der Waals surface area contributed by atoms with Crippen LogP contribution >= 0.6 is 11.3 Å². The van der Waals surface area contributed by atoms with Gasteiger partial charge in [-0.2, -0.15) is 0 Å². The van der Waals surface area contributed by atoms with Gasteiger partial charge in [0, 0.05) is 41.2 Å². The van der Waals surface area contributed by atoms with Gasteiger partial charge in [-0.15, -0.1) is 11.3 Å². The summed E-state index contributed by atoms with van der Waals surface area (Å²) in [7, 11) is 0. The van der Waals surface area contributed by atoms with E-state index in [1.165, 1.54) is 0 Å². The summed E-state index contributed by atoms with van der Waals surface area (Å²) in [5.74, 6) is 0.699. The lowest BCUT2D eigenvalue weighted by Crippen LogP contribution is -2.45. The van der Waals surface area contributed by atoms with Gasteiger partial charge in [0.25, 0.3) is 5.91 Å². The maximum absolute atomic E-state index is 13.8. The summed E-state index contributed by atoms with van der Waals surface area (Å²) < 4.78 is 5.67. The number of ketones is 1. The number of morpholine rings is 1. The molecule has 3 heterocycles. The first-order valence-electron chi connectivity index (χ1n) is 14.9. The molecular weight excluding hydrogens is 558 g/mol. The van der Waals surface area contributed by atoms with Gasteiger partial charge in [-0.25, -0.2) is 4.79 Å². The van der Waals surface area contributed by atoms with Crippen molar-refractivity contribution in [2.75, 3.05) is 36.5 Å². The molecule has 43 heavy (non-hydrogen) atoms. The first-order valence-corrected chi connectivity index (χ1v) is 15.7. The van der Waals surface area contributed by atoms with E-state index in [-0.39, 0.29) is 23.8 Å². The Kier molecular flexibility index (Phi) is 7.55. The molecule has 4 aromatic rings. The molecule has 1 N–H and O–H groups in total. The van der Waals surface area contributed by atoms with Gasteiger partial charge in [0.2, 0.25) is 0 Å². The Hall–Kier alpha value is -4.27. The zero-order chi connectivity index (χ0) is 29.3. The average Bonchev–Trinajstić information content (AvgIpc) is 3.79. The van der Waals surface area contributed by atoms with Crippen molar-refractivity contribution in [3.05, 3.63) is 106 Å². The van der Waals surface area contributed by atoms with E-state index in [2.05, 4.69) is 5.32 Å². The summed E-state index contributed by atoms with van der Waals surface area (Å²) in [5, 5.41) is 3.00. The van der Waals surface area contributed by atoms with Gasteiger partial charge < -0.3 is 19.9 Å². The first kappa shape index (κ1) is 27.6. The van der Waals surface area contributed by atoms with Crippen molar-refractivity contribution < 1.29 is 19.1 Å². The fourth-order valence-electron chi connectivity index (χ4n) is 5.97. The molecule has 0 radical (unpaired) electrons. The van der Waals surface area contributed by atoms with Crippen molar-refractivity contribution in [3.8, 4) is 10.4 Å². The molecule has 1 aliphatic carbocycles. The van der Waals surface area contributed by atoms with Crippen LogP contribution in [0.25, 0.3) is 10.4 Å². The number of fused-ring (bicyclic) bond motifs is 3. The predicted octanol–water partition coefficient (Wildman–Crippen LogP) is 7.21. The van der Waals surface area contributed by atoms with Gasteiger partial charge >= 0.3 is 6.03 Å². The van der Waals surface area contributed by atoms with Gasteiger partial charge in [-0.3, -0.25) is 9.59 Å². The number of thiophene rings is 1. The highest BCUT2D eigenvalue weighted by molar-refractivity contribution is 7.17. The number of carbonyl (C=O) groups is 3. The smallest absolute Gasteiger partial charge is 0.322 e. The second-order valence-electron chi connectivity index (χ2n) is 11.5. The van der Waals surface area contributed by atoms with Crippen LogP contribution in [0.2, 0.25) is 0 Å². The molecule has 1 aromatic heterocycles. The molecule has 3 aromatic carbocycles. The van der Waals surface area contributed by atoms with Crippen molar-refractivity contribution in [1.82, 2.24) is 4.90 Å². The molecule has 0 spiro atoms. The monoisotopic (exact) mass is 591 g/mol. The average molecular weight is 592 g/mol. The second kappa shape index (κ2) is 11.8. The van der Waals surface area contributed by atoms with Gasteiger partial charge in [-0.1, -0.05) is 48.5 Å². The number of carbonyl (C=O) groups excluding carboxylic acids is 3. The number of nitrogens with zero attached hydrogens (tertiary/aromatic N) is 2. The molecule has 2 fully saturated rings. The largest absolute Gasteiger partial charge is 0.377 e. The fraction of sp³-hybridized carbons (Fsp3) is 0.286. The van der Waals surface area contributed by atoms with Crippen molar-refractivity contribution in [2.45, 2.75) is 31.7 Å². The molecule has 0 bridgehead atoms. The fourth-order valence-corrected chi connectivity index (χ4v) is 7.17. The number of hydrogen-bond donors (Lipinski definition) is 1. The standard InChI is InChI=1S/C35H33N3O4S/c39-31(20-23-10-11-23)32-21-26-16-17-37(29-9-5-4-8-28(29)33(26)43-32)34(40)25-12-14-27(15-13-25)36-35(41)38-18-19-42-22-30(38)24-6-2-1-3-7-24/h1-9,12-15,21,23,30H,10-11,16-20,22H2,(H,36,41). The first-order chi connectivity index (χ1) is 21.0. The molecule has 1 unspecified atom stereocenters. The quantitative estimate of drug-likeness (QED) is 0.241. The minimum atomic E-state index is -0.196. The lowest BCUT2D eigenvalue weighted by atomic mass is 10.1. The van der Waals surface area contributed by atoms with Gasteiger partial charge in [-0.05, 0) is 72.7 Å². The SMILES string of the molecule is O=C(CC1CC1)c1cc2c(s1)-c1ccccc1N(C(=O)c1ccc(NC(=O)N3CCOCC3c3ccccc3)cc1)CC2. The van der Waals surface area contributed by atoms with E-state index in [0.717, 1.165) is 45.0 Å². The Morgan fingerprint density at radius 1 is 0.907 bits per heavy atom. The summed E-state index contributed by atoms with van der Waals surface area (Å²) in [6.45, 7) is 1.96. The maximum atomic E-state index is 13.8. The van der Waals surface area contributed by atoms with Crippen molar-refractivity contribution in [2.24, 2.45) is 5.92 Å². The molecule has 1 saturated heterocycles. The van der Waals surface area contributed by atoms with Crippen LogP contribution in [0.1, 0.15) is 56.5 Å². The van der Waals surface area contributed by atoms with Crippen molar-refractivity contribution in [1.29, 1.82) is 0 Å². The Morgan fingerprint density at radius 3 is 2.47 bits per heavy atom. The zero-order valence-corrected chi connectivity index (χ0v) is 24.6. The Morgan fingerprint density at radius 2 is 1.67 bits per heavy atom. The van der Waals surface area contributed by atoms with Crippen LogP contribution in [-0.4, -0.2) is 48.9 Å². The van der Waals surface area contributed by atoms with Crippen LogP contribution in [0.3, 0.4) is 0 Å². The number of nitrogens with one attached hydrogen (secondary N) is 1. The topological polar surface area (TPSA) is 79.0 Å². The molecule has 8 heteroatoms. The normalized spacial score (nSPS) is 17.9. The summed E-state index contributed by atoms with van der Waals surface area (Å²) >= 11 is 1.56. The number of para-hydroxylation sites is 1.